The first kappa shape index (κ1) is 14.3. The van der Waals surface area contributed by atoms with Crippen molar-refractivity contribution in [3.63, 3.8) is 0 Å². The van der Waals surface area contributed by atoms with Crippen LogP contribution in [0, 0.1) is 6.92 Å². The van der Waals surface area contributed by atoms with E-state index >= 15 is 0 Å². The van der Waals surface area contributed by atoms with Crippen molar-refractivity contribution < 1.29 is 19.4 Å². The van der Waals surface area contributed by atoms with E-state index in [1.807, 2.05) is 31.2 Å². The van der Waals surface area contributed by atoms with E-state index in [1.54, 1.807) is 6.07 Å². The van der Waals surface area contributed by atoms with Crippen molar-refractivity contribution in [1.29, 1.82) is 0 Å². The zero-order valence-corrected chi connectivity index (χ0v) is 11.7. The van der Waals surface area contributed by atoms with Gasteiger partial charge in [0.25, 0.3) is 0 Å². The Morgan fingerprint density at radius 3 is 2.80 bits per heavy atom. The third kappa shape index (κ3) is 2.88. The van der Waals surface area contributed by atoms with Gasteiger partial charge in [-0.2, -0.15) is 0 Å². The highest BCUT2D eigenvalue weighted by Gasteiger charge is 2.32. The predicted octanol–water partition coefficient (Wildman–Crippen LogP) is 1.85. The number of hydrogen-bond acceptors (Lipinski definition) is 5. The molecule has 1 heterocycles. The van der Waals surface area contributed by atoms with Crippen LogP contribution < -0.4 is 4.74 Å². The van der Waals surface area contributed by atoms with Crippen molar-refractivity contribution in [3.8, 4) is 5.75 Å². The van der Waals surface area contributed by atoms with Gasteiger partial charge in [0.1, 0.15) is 17.9 Å². The monoisotopic (exact) mass is 275 g/mol. The van der Waals surface area contributed by atoms with E-state index in [0.717, 1.165) is 11.1 Å². The number of pyridine rings is 1. The van der Waals surface area contributed by atoms with E-state index in [0.29, 0.717) is 11.3 Å². The first-order valence-electron chi connectivity index (χ1n) is 6.24. The van der Waals surface area contributed by atoms with Gasteiger partial charge in [0, 0.05) is 11.1 Å². The molecule has 106 valence electrons. The van der Waals surface area contributed by atoms with E-state index in [9.17, 15) is 9.90 Å². The lowest BCUT2D eigenvalue weighted by Gasteiger charge is -2.20. The minimum absolute atomic E-state index is 0.200. The van der Waals surface area contributed by atoms with Crippen molar-refractivity contribution in [2.45, 2.75) is 19.4 Å². The summed E-state index contributed by atoms with van der Waals surface area (Å²) in [6, 6.07) is 9.37. The number of aliphatic hydroxyl groups is 1. The lowest BCUT2D eigenvalue weighted by molar-refractivity contribution is -0.163. The topological polar surface area (TPSA) is 68.7 Å². The number of nitrogens with zero attached hydrogens (tertiary/aromatic N) is 1. The average Bonchev–Trinajstić information content (AvgIpc) is 2.44. The molecule has 1 unspecified atom stereocenters. The Balaban J connectivity index is 2.26. The number of fused-ring (bicyclic) bond motifs is 1. The molecule has 0 fully saturated rings. The Kier molecular flexibility index (Phi) is 3.90. The zero-order valence-electron chi connectivity index (χ0n) is 11.7. The quantitative estimate of drug-likeness (QED) is 0.862. The summed E-state index contributed by atoms with van der Waals surface area (Å²) in [6.07, 6.45) is 0. The number of esters is 1. The molecule has 0 spiro atoms. The van der Waals surface area contributed by atoms with E-state index < -0.39 is 11.6 Å². The summed E-state index contributed by atoms with van der Waals surface area (Å²) < 4.78 is 10.1. The summed E-state index contributed by atoms with van der Waals surface area (Å²) in [4.78, 5) is 15.8. The number of carbonyl (C=O) groups is 1. The third-order valence-electron chi connectivity index (χ3n) is 2.96. The molecular formula is C15H17NO4. The normalized spacial score (nSPS) is 13.8. The van der Waals surface area contributed by atoms with Crippen LogP contribution in [0.3, 0.4) is 0 Å². The summed E-state index contributed by atoms with van der Waals surface area (Å²) in [5.74, 6) is -0.211. The number of aryl methyl sites for hydroxylation is 1. The summed E-state index contributed by atoms with van der Waals surface area (Å²) in [6.45, 7) is 3.04. The van der Waals surface area contributed by atoms with Gasteiger partial charge >= 0.3 is 5.97 Å². The lowest BCUT2D eigenvalue weighted by Crippen LogP contribution is -2.42. The summed E-state index contributed by atoms with van der Waals surface area (Å²) in [5.41, 5.74) is -0.123. The van der Waals surface area contributed by atoms with Crippen molar-refractivity contribution in [2.75, 3.05) is 13.7 Å². The Bertz CT molecular complexity index is 637. The molecule has 1 atom stereocenters. The van der Waals surface area contributed by atoms with Gasteiger partial charge < -0.3 is 14.6 Å². The molecule has 1 N–H and O–H groups in total. The van der Waals surface area contributed by atoms with Gasteiger partial charge in [-0.15, -0.1) is 0 Å². The first-order valence-corrected chi connectivity index (χ1v) is 6.24. The summed E-state index contributed by atoms with van der Waals surface area (Å²) in [5, 5.41) is 10.9. The van der Waals surface area contributed by atoms with Gasteiger partial charge in [-0.05, 0) is 26.0 Å². The summed E-state index contributed by atoms with van der Waals surface area (Å²) in [7, 11) is 1.22. The van der Waals surface area contributed by atoms with Crippen LogP contribution in [0.5, 0.6) is 5.75 Å². The number of methoxy groups -OCH3 is 1. The molecule has 0 amide bonds. The molecule has 0 aliphatic carbocycles. The molecule has 0 aliphatic heterocycles. The molecule has 0 radical (unpaired) electrons. The van der Waals surface area contributed by atoms with E-state index in [-0.39, 0.29) is 6.61 Å². The molecule has 2 rings (SSSR count). The molecule has 5 nitrogen and oxygen atoms in total. The second kappa shape index (κ2) is 5.46. The van der Waals surface area contributed by atoms with Gasteiger partial charge in [-0.25, -0.2) is 9.78 Å². The molecule has 5 heteroatoms. The van der Waals surface area contributed by atoms with Crippen LogP contribution in [0.15, 0.2) is 30.3 Å². The molecule has 1 aromatic carbocycles. The number of aromatic nitrogens is 1. The minimum Gasteiger partial charge on any atom is -0.488 e. The highest BCUT2D eigenvalue weighted by atomic mass is 16.6. The van der Waals surface area contributed by atoms with Crippen LogP contribution in [-0.2, 0) is 9.53 Å². The maximum Gasteiger partial charge on any atom is 0.341 e. The van der Waals surface area contributed by atoms with Crippen LogP contribution in [-0.4, -0.2) is 35.4 Å². The second-order valence-electron chi connectivity index (χ2n) is 4.83. The standard InChI is InChI=1S/C15H17NO4/c1-10-7-8-11-5-4-6-12(13(11)16-10)20-9-15(2,18)14(17)19-3/h4-8,18H,9H2,1-3H3. The fourth-order valence-electron chi connectivity index (χ4n) is 1.83. The van der Waals surface area contributed by atoms with Gasteiger partial charge in [0.15, 0.2) is 5.60 Å². The number of hydrogen-bond donors (Lipinski definition) is 1. The lowest BCUT2D eigenvalue weighted by atomic mass is 10.1. The number of ether oxygens (including phenoxy) is 2. The van der Waals surface area contributed by atoms with Crippen LogP contribution in [0.1, 0.15) is 12.6 Å². The van der Waals surface area contributed by atoms with Crippen LogP contribution >= 0.6 is 0 Å². The Labute approximate surface area is 117 Å². The van der Waals surface area contributed by atoms with Gasteiger partial charge in [0.2, 0.25) is 0 Å². The molecule has 0 saturated carbocycles. The molecule has 0 saturated heterocycles. The van der Waals surface area contributed by atoms with Crippen LogP contribution in [0.4, 0.5) is 0 Å². The van der Waals surface area contributed by atoms with Gasteiger partial charge in [0.05, 0.1) is 7.11 Å². The predicted molar refractivity (Wildman–Crippen MR) is 74.6 cm³/mol. The Morgan fingerprint density at radius 2 is 2.10 bits per heavy atom. The number of rotatable bonds is 4. The highest BCUT2D eigenvalue weighted by molar-refractivity contribution is 5.84. The van der Waals surface area contributed by atoms with Gasteiger partial charge in [-0.3, -0.25) is 0 Å². The van der Waals surface area contributed by atoms with Gasteiger partial charge in [-0.1, -0.05) is 18.2 Å². The van der Waals surface area contributed by atoms with E-state index in [2.05, 4.69) is 9.72 Å². The Morgan fingerprint density at radius 1 is 1.35 bits per heavy atom. The Hall–Kier alpha value is -2.14. The molecule has 2 aromatic rings. The largest absolute Gasteiger partial charge is 0.488 e. The highest BCUT2D eigenvalue weighted by Crippen LogP contribution is 2.24. The number of para-hydroxylation sites is 1. The molecular weight excluding hydrogens is 258 g/mol. The van der Waals surface area contributed by atoms with Crippen molar-refractivity contribution >= 4 is 16.9 Å². The third-order valence-corrected chi connectivity index (χ3v) is 2.96. The second-order valence-corrected chi connectivity index (χ2v) is 4.83. The summed E-state index contributed by atoms with van der Waals surface area (Å²) >= 11 is 0. The van der Waals surface area contributed by atoms with Crippen molar-refractivity contribution in [3.05, 3.63) is 36.0 Å². The maximum absolute atomic E-state index is 11.4. The van der Waals surface area contributed by atoms with E-state index in [4.69, 9.17) is 4.74 Å². The van der Waals surface area contributed by atoms with Crippen LogP contribution in [0.25, 0.3) is 10.9 Å². The molecule has 0 aliphatic rings. The van der Waals surface area contributed by atoms with Crippen molar-refractivity contribution in [2.24, 2.45) is 0 Å². The zero-order chi connectivity index (χ0) is 14.8. The molecule has 1 aromatic heterocycles. The first-order chi connectivity index (χ1) is 9.44. The maximum atomic E-state index is 11.4. The van der Waals surface area contributed by atoms with Crippen molar-refractivity contribution in [1.82, 2.24) is 4.98 Å². The minimum atomic E-state index is -1.69. The molecule has 0 bridgehead atoms. The molecule has 20 heavy (non-hydrogen) atoms. The fraction of sp³-hybridized carbons (Fsp3) is 0.333. The fourth-order valence-corrected chi connectivity index (χ4v) is 1.83. The van der Waals surface area contributed by atoms with Crippen LogP contribution in [0.2, 0.25) is 0 Å². The number of carbonyl (C=O) groups excluding carboxylic acids is 1. The average molecular weight is 275 g/mol. The van der Waals surface area contributed by atoms with E-state index in [1.165, 1.54) is 14.0 Å². The number of benzene rings is 1. The SMILES string of the molecule is COC(=O)C(C)(O)COc1cccc2ccc(C)nc12. The smallest absolute Gasteiger partial charge is 0.341 e.